The monoisotopic (exact) mass is 391 g/mol. The molecule has 1 fully saturated rings. The molecule has 1 saturated carbocycles. The Morgan fingerprint density at radius 2 is 1.96 bits per heavy atom. The first-order chi connectivity index (χ1) is 13.0. The van der Waals surface area contributed by atoms with E-state index in [0.717, 1.165) is 12.0 Å². The highest BCUT2D eigenvalue weighted by Crippen LogP contribution is 2.31. The van der Waals surface area contributed by atoms with E-state index < -0.39 is 0 Å². The van der Waals surface area contributed by atoms with Crippen LogP contribution in [0.1, 0.15) is 38.7 Å². The van der Waals surface area contributed by atoms with Crippen molar-refractivity contribution < 1.29 is 14.3 Å². The van der Waals surface area contributed by atoms with Crippen molar-refractivity contribution >= 4 is 29.3 Å². The van der Waals surface area contributed by atoms with Crippen LogP contribution in [0.4, 0.5) is 0 Å². The molecule has 0 saturated heterocycles. The van der Waals surface area contributed by atoms with E-state index in [-0.39, 0.29) is 5.91 Å². The van der Waals surface area contributed by atoms with Gasteiger partial charge in [-0.15, -0.1) is 0 Å². The molecule has 2 rings (SSSR count). The fourth-order valence-electron chi connectivity index (χ4n) is 3.36. The van der Waals surface area contributed by atoms with E-state index in [1.54, 1.807) is 26.4 Å². The number of carbonyl (C=O) groups is 1. The van der Waals surface area contributed by atoms with Crippen LogP contribution >= 0.6 is 12.2 Å². The lowest BCUT2D eigenvalue weighted by Crippen LogP contribution is -2.52. The highest BCUT2D eigenvalue weighted by molar-refractivity contribution is 7.80. The number of benzene rings is 1. The average molecular weight is 392 g/mol. The van der Waals surface area contributed by atoms with Crippen LogP contribution in [0.15, 0.2) is 24.3 Å². The lowest BCUT2D eigenvalue weighted by molar-refractivity contribution is -0.116. The smallest absolute Gasteiger partial charge is 0.262 e. The number of hydrogen-bond donors (Lipinski definition) is 3. The van der Waals surface area contributed by atoms with E-state index in [1.807, 2.05) is 12.1 Å². The summed E-state index contributed by atoms with van der Waals surface area (Å²) >= 11 is 5.30. The van der Waals surface area contributed by atoms with Gasteiger partial charge in [0.2, 0.25) is 0 Å². The van der Waals surface area contributed by atoms with Gasteiger partial charge in [-0.1, -0.05) is 38.8 Å². The highest BCUT2D eigenvalue weighted by Gasteiger charge is 2.27. The van der Waals surface area contributed by atoms with Crippen molar-refractivity contribution in [2.75, 3.05) is 14.2 Å². The number of hydrazine groups is 1. The zero-order valence-corrected chi connectivity index (χ0v) is 17.2. The number of amides is 1. The van der Waals surface area contributed by atoms with Gasteiger partial charge in [0.05, 0.1) is 14.2 Å². The van der Waals surface area contributed by atoms with Crippen LogP contribution in [0.5, 0.6) is 11.5 Å². The Balaban J connectivity index is 1.85. The number of thiocarbonyl (C=S) groups is 1. The molecule has 3 atom stereocenters. The molecule has 0 aromatic heterocycles. The number of para-hydroxylation sites is 1. The first-order valence-electron chi connectivity index (χ1n) is 9.21. The molecule has 0 aliphatic heterocycles. The summed E-state index contributed by atoms with van der Waals surface area (Å²) in [5.74, 6) is 2.10. The van der Waals surface area contributed by atoms with E-state index in [1.165, 1.54) is 18.9 Å². The molecule has 1 aliphatic rings. The van der Waals surface area contributed by atoms with Crippen molar-refractivity contribution in [1.82, 2.24) is 16.2 Å². The fourth-order valence-corrected chi connectivity index (χ4v) is 3.56. The maximum absolute atomic E-state index is 12.1. The summed E-state index contributed by atoms with van der Waals surface area (Å²) < 4.78 is 10.6. The van der Waals surface area contributed by atoms with Gasteiger partial charge in [0.15, 0.2) is 16.6 Å². The quantitative estimate of drug-likeness (QED) is 0.407. The number of nitrogens with one attached hydrogen (secondary N) is 3. The van der Waals surface area contributed by atoms with Crippen molar-refractivity contribution in [3.63, 3.8) is 0 Å². The summed E-state index contributed by atoms with van der Waals surface area (Å²) in [6.45, 7) is 4.52. The van der Waals surface area contributed by atoms with Crippen molar-refractivity contribution in [1.29, 1.82) is 0 Å². The van der Waals surface area contributed by atoms with Gasteiger partial charge in [0.25, 0.3) is 5.91 Å². The van der Waals surface area contributed by atoms with Gasteiger partial charge in [0, 0.05) is 17.7 Å². The first-order valence-corrected chi connectivity index (χ1v) is 9.62. The largest absolute Gasteiger partial charge is 0.493 e. The van der Waals surface area contributed by atoms with Gasteiger partial charge in [-0.3, -0.25) is 15.6 Å². The normalized spacial score (nSPS) is 22.1. The van der Waals surface area contributed by atoms with Gasteiger partial charge in [-0.25, -0.2) is 0 Å². The Morgan fingerprint density at radius 3 is 2.67 bits per heavy atom. The number of carbonyl (C=O) groups excluding carboxylic acids is 1. The molecule has 0 bridgehead atoms. The summed E-state index contributed by atoms with van der Waals surface area (Å²) in [6.07, 6.45) is 6.63. The molecule has 0 unspecified atom stereocenters. The lowest BCUT2D eigenvalue weighted by Gasteiger charge is -2.35. The number of hydrogen-bond acceptors (Lipinski definition) is 4. The summed E-state index contributed by atoms with van der Waals surface area (Å²) in [7, 11) is 3.14. The molecule has 0 spiro atoms. The minimum Gasteiger partial charge on any atom is -0.493 e. The molecule has 1 aromatic rings. The van der Waals surface area contributed by atoms with Crippen molar-refractivity contribution in [2.24, 2.45) is 11.8 Å². The van der Waals surface area contributed by atoms with Crippen LogP contribution in [0.25, 0.3) is 6.08 Å². The van der Waals surface area contributed by atoms with Gasteiger partial charge in [-0.05, 0) is 42.6 Å². The minimum absolute atomic E-state index is 0.311. The Kier molecular flexibility index (Phi) is 7.91. The minimum atomic E-state index is -0.311. The van der Waals surface area contributed by atoms with Gasteiger partial charge < -0.3 is 14.8 Å². The zero-order chi connectivity index (χ0) is 19.8. The molecular formula is C20H29N3O3S. The lowest BCUT2D eigenvalue weighted by atomic mass is 9.78. The first kappa shape index (κ1) is 21.0. The van der Waals surface area contributed by atoms with Gasteiger partial charge >= 0.3 is 0 Å². The van der Waals surface area contributed by atoms with Crippen molar-refractivity contribution in [3.05, 3.63) is 29.8 Å². The predicted molar refractivity (Wildman–Crippen MR) is 112 cm³/mol. The summed E-state index contributed by atoms with van der Waals surface area (Å²) in [5.41, 5.74) is 6.10. The Labute approximate surface area is 166 Å². The molecule has 7 heteroatoms. The molecule has 1 aromatic carbocycles. The Bertz CT molecular complexity index is 693. The van der Waals surface area contributed by atoms with Gasteiger partial charge in [0.1, 0.15) is 0 Å². The highest BCUT2D eigenvalue weighted by atomic mass is 32.1. The number of methoxy groups -OCH3 is 2. The number of ether oxygens (including phenoxy) is 2. The van der Waals surface area contributed by atoms with E-state index in [4.69, 9.17) is 21.7 Å². The van der Waals surface area contributed by atoms with Crippen LogP contribution in [-0.4, -0.2) is 31.3 Å². The molecule has 3 N–H and O–H groups in total. The maximum atomic E-state index is 12.1. The van der Waals surface area contributed by atoms with E-state index >= 15 is 0 Å². The van der Waals surface area contributed by atoms with Crippen LogP contribution in [0, 0.1) is 11.8 Å². The maximum Gasteiger partial charge on any atom is 0.262 e. The standard InChI is InChI=1S/C20H29N3O3S/c1-13-7-5-9-16(14(13)2)21-20(27)23-22-18(24)12-11-15-8-6-10-17(25-3)19(15)26-4/h6,8,10-14,16H,5,7,9H2,1-4H3,(H,22,24)(H2,21,23,27)/b12-11+/t13-,14-,16-/m1/s1. The SMILES string of the molecule is COc1cccc(/C=C/C(=O)NNC(=S)N[C@@H]2CCC[C@@H](C)[C@H]2C)c1OC. The molecule has 1 aliphatic carbocycles. The molecule has 0 radical (unpaired) electrons. The summed E-state index contributed by atoms with van der Waals surface area (Å²) in [5, 5.41) is 3.74. The number of rotatable bonds is 5. The second kappa shape index (κ2) is 10.2. The molecular weight excluding hydrogens is 362 g/mol. The van der Waals surface area contributed by atoms with E-state index in [2.05, 4.69) is 30.0 Å². The second-order valence-corrected chi connectivity index (χ2v) is 7.29. The third-order valence-corrected chi connectivity index (χ3v) is 5.39. The van der Waals surface area contributed by atoms with Crippen LogP contribution < -0.4 is 25.6 Å². The second-order valence-electron chi connectivity index (χ2n) is 6.88. The molecule has 0 heterocycles. The third kappa shape index (κ3) is 5.85. The molecule has 148 valence electrons. The summed E-state index contributed by atoms with van der Waals surface area (Å²) in [6, 6.07) is 5.82. The topological polar surface area (TPSA) is 71.6 Å². The summed E-state index contributed by atoms with van der Waals surface area (Å²) in [4.78, 5) is 12.1. The third-order valence-electron chi connectivity index (χ3n) is 5.17. The molecule has 6 nitrogen and oxygen atoms in total. The Morgan fingerprint density at radius 1 is 1.19 bits per heavy atom. The van der Waals surface area contributed by atoms with Crippen LogP contribution in [0.2, 0.25) is 0 Å². The van der Waals surface area contributed by atoms with Gasteiger partial charge in [-0.2, -0.15) is 0 Å². The zero-order valence-electron chi connectivity index (χ0n) is 16.4. The van der Waals surface area contributed by atoms with E-state index in [0.29, 0.717) is 34.5 Å². The average Bonchev–Trinajstić information content (AvgIpc) is 2.67. The van der Waals surface area contributed by atoms with E-state index in [9.17, 15) is 4.79 Å². The molecule has 27 heavy (non-hydrogen) atoms. The van der Waals surface area contributed by atoms with Crippen molar-refractivity contribution in [2.45, 2.75) is 39.2 Å². The van der Waals surface area contributed by atoms with Crippen LogP contribution in [0.3, 0.4) is 0 Å². The Hall–Kier alpha value is -2.28. The fraction of sp³-hybridized carbons (Fsp3) is 0.500. The predicted octanol–water partition coefficient (Wildman–Crippen LogP) is 3.04. The molecule has 1 amide bonds. The van der Waals surface area contributed by atoms with Crippen LogP contribution in [-0.2, 0) is 4.79 Å². The van der Waals surface area contributed by atoms with Crippen molar-refractivity contribution in [3.8, 4) is 11.5 Å².